The molecular formula is C25H33NO5. The molecule has 0 aromatic carbocycles. The van der Waals surface area contributed by atoms with Gasteiger partial charge < -0.3 is 9.47 Å². The topological polar surface area (TPSA) is 82.0 Å². The summed E-state index contributed by atoms with van der Waals surface area (Å²) in [5, 5.41) is 0. The Hall–Kier alpha value is -1.98. The molecule has 7 atom stereocenters. The number of aliphatic imine (C=N–C) groups is 1. The van der Waals surface area contributed by atoms with Crippen LogP contribution in [-0.4, -0.2) is 41.7 Å². The highest BCUT2D eigenvalue weighted by molar-refractivity contribution is 5.97. The molecule has 6 heteroatoms. The number of hydrogen-bond donors (Lipinski definition) is 0. The smallest absolute Gasteiger partial charge is 0.303 e. The van der Waals surface area contributed by atoms with E-state index >= 15 is 0 Å². The number of ether oxygens (including phenoxy) is 2. The number of Topliss-reactive ketones (excluding diaryl/α,β-unsaturated/α-hetero) is 2. The minimum atomic E-state index is -0.987. The maximum atomic E-state index is 13.5. The first kappa shape index (κ1) is 20.9. The van der Waals surface area contributed by atoms with Gasteiger partial charge in [-0.2, -0.15) is 0 Å². The van der Waals surface area contributed by atoms with Crippen molar-refractivity contribution in [3.8, 4) is 0 Å². The Labute approximate surface area is 183 Å². The number of carbonyl (C=O) groups is 3. The van der Waals surface area contributed by atoms with Crippen LogP contribution >= 0.6 is 0 Å². The van der Waals surface area contributed by atoms with Crippen molar-refractivity contribution in [2.24, 2.45) is 33.6 Å². The number of ketones is 2. The predicted octanol–water partition coefficient (Wildman–Crippen LogP) is 3.82. The molecule has 5 aliphatic rings. The first-order valence-electron chi connectivity index (χ1n) is 11.7. The normalized spacial score (nSPS) is 45.4. The monoisotopic (exact) mass is 427 g/mol. The van der Waals surface area contributed by atoms with E-state index in [1.807, 2.05) is 6.92 Å². The number of allylic oxidation sites excluding steroid dienone is 2. The number of esters is 1. The van der Waals surface area contributed by atoms with Crippen molar-refractivity contribution >= 4 is 23.4 Å². The SMILES string of the molecule is CC(=O)OCC(=O)[C@@]12N=C(C)O[C@@H]1C[C@H]1[C@@H]3CC[C@H]4CC(=O)CC[C@]4(C)C3=CC[C@@]12C. The van der Waals surface area contributed by atoms with Crippen LogP contribution in [0.2, 0.25) is 0 Å². The standard InChI is InChI=1S/C25H33NO5/c1-14-26-25(21(29)13-30-15(2)27)22(31-14)12-20-18-6-5-16-11-17(28)7-9-23(16,3)19(18)8-10-24(20,25)4/h8,16,18,20,22H,5-7,9-13H2,1-4H3/t16-,18+,20-,22+,23-,24-,25+/m0/s1. The molecule has 1 heterocycles. The second kappa shape index (κ2) is 6.76. The molecule has 168 valence electrons. The van der Waals surface area contributed by atoms with Gasteiger partial charge in [-0.15, -0.1) is 0 Å². The van der Waals surface area contributed by atoms with Crippen LogP contribution in [0.5, 0.6) is 0 Å². The van der Waals surface area contributed by atoms with Gasteiger partial charge in [0.05, 0.1) is 0 Å². The zero-order valence-corrected chi connectivity index (χ0v) is 19.0. The van der Waals surface area contributed by atoms with Crippen LogP contribution in [0.1, 0.15) is 72.6 Å². The molecular weight excluding hydrogens is 394 g/mol. The molecule has 6 nitrogen and oxygen atoms in total. The molecule has 1 aliphatic heterocycles. The van der Waals surface area contributed by atoms with Gasteiger partial charge in [-0.3, -0.25) is 14.4 Å². The van der Waals surface area contributed by atoms with Crippen LogP contribution in [0.3, 0.4) is 0 Å². The Morgan fingerprint density at radius 3 is 2.81 bits per heavy atom. The lowest BCUT2D eigenvalue weighted by Crippen LogP contribution is -2.57. The Balaban J connectivity index is 1.53. The number of rotatable bonds is 3. The fraction of sp³-hybridized carbons (Fsp3) is 0.760. The van der Waals surface area contributed by atoms with Crippen molar-refractivity contribution < 1.29 is 23.9 Å². The number of fused-ring (bicyclic) bond motifs is 7. The third kappa shape index (κ3) is 2.69. The summed E-state index contributed by atoms with van der Waals surface area (Å²) < 4.78 is 11.2. The molecule has 4 aliphatic carbocycles. The van der Waals surface area contributed by atoms with Crippen LogP contribution in [0.25, 0.3) is 0 Å². The van der Waals surface area contributed by atoms with E-state index in [4.69, 9.17) is 14.5 Å². The summed E-state index contributed by atoms with van der Waals surface area (Å²) in [6, 6.07) is 0. The lowest BCUT2D eigenvalue weighted by molar-refractivity contribution is -0.150. The zero-order chi connectivity index (χ0) is 22.2. The zero-order valence-electron chi connectivity index (χ0n) is 19.0. The molecule has 0 aromatic heterocycles. The Kier molecular flexibility index (Phi) is 4.56. The molecule has 0 saturated heterocycles. The second-order valence-corrected chi connectivity index (χ2v) is 10.9. The molecule has 3 fully saturated rings. The van der Waals surface area contributed by atoms with Crippen molar-refractivity contribution in [1.82, 2.24) is 0 Å². The maximum absolute atomic E-state index is 13.5. The van der Waals surface area contributed by atoms with Gasteiger partial charge in [-0.05, 0) is 55.3 Å². The summed E-state index contributed by atoms with van der Waals surface area (Å²) in [6.45, 7) is 7.44. The number of carbonyl (C=O) groups excluding carboxylic acids is 3. The van der Waals surface area contributed by atoms with Gasteiger partial charge in [0.1, 0.15) is 11.9 Å². The van der Waals surface area contributed by atoms with Crippen molar-refractivity contribution in [3.05, 3.63) is 11.6 Å². The van der Waals surface area contributed by atoms with Gasteiger partial charge >= 0.3 is 5.97 Å². The van der Waals surface area contributed by atoms with E-state index in [0.29, 0.717) is 42.3 Å². The van der Waals surface area contributed by atoms with Crippen LogP contribution in [-0.2, 0) is 23.9 Å². The predicted molar refractivity (Wildman–Crippen MR) is 114 cm³/mol. The highest BCUT2D eigenvalue weighted by atomic mass is 16.5. The first-order valence-corrected chi connectivity index (χ1v) is 11.7. The summed E-state index contributed by atoms with van der Waals surface area (Å²) in [4.78, 5) is 41.9. The highest BCUT2D eigenvalue weighted by Crippen LogP contribution is 2.68. The van der Waals surface area contributed by atoms with Crippen molar-refractivity contribution in [2.75, 3.05) is 6.61 Å². The van der Waals surface area contributed by atoms with Crippen molar-refractivity contribution in [3.63, 3.8) is 0 Å². The average molecular weight is 428 g/mol. The average Bonchev–Trinajstić information content (AvgIpc) is 3.17. The molecule has 0 spiro atoms. The Morgan fingerprint density at radius 2 is 2.06 bits per heavy atom. The molecule has 0 amide bonds. The molecule has 5 rings (SSSR count). The van der Waals surface area contributed by atoms with Gasteiger partial charge in [-0.1, -0.05) is 25.5 Å². The number of hydrogen-bond acceptors (Lipinski definition) is 6. The molecule has 0 N–H and O–H groups in total. The summed E-state index contributed by atoms with van der Waals surface area (Å²) >= 11 is 0. The fourth-order valence-electron chi connectivity index (χ4n) is 7.97. The lowest BCUT2D eigenvalue weighted by Gasteiger charge is -2.56. The van der Waals surface area contributed by atoms with E-state index in [9.17, 15) is 14.4 Å². The first-order chi connectivity index (χ1) is 14.6. The molecule has 3 saturated carbocycles. The van der Waals surface area contributed by atoms with Gasteiger partial charge in [0.2, 0.25) is 5.78 Å². The van der Waals surface area contributed by atoms with Crippen LogP contribution in [0.15, 0.2) is 16.6 Å². The van der Waals surface area contributed by atoms with E-state index in [1.54, 1.807) is 0 Å². The van der Waals surface area contributed by atoms with Gasteiger partial charge in [0.25, 0.3) is 0 Å². The highest BCUT2D eigenvalue weighted by Gasteiger charge is 2.72. The maximum Gasteiger partial charge on any atom is 0.303 e. The molecule has 31 heavy (non-hydrogen) atoms. The summed E-state index contributed by atoms with van der Waals surface area (Å²) in [5.41, 5.74) is 0.251. The van der Waals surface area contributed by atoms with Gasteiger partial charge in [-0.25, -0.2) is 4.99 Å². The van der Waals surface area contributed by atoms with E-state index in [0.717, 1.165) is 32.1 Å². The lowest BCUT2D eigenvalue weighted by atomic mass is 9.48. The second-order valence-electron chi connectivity index (χ2n) is 10.9. The van der Waals surface area contributed by atoms with Crippen molar-refractivity contribution in [1.29, 1.82) is 0 Å². The Morgan fingerprint density at radius 1 is 1.29 bits per heavy atom. The van der Waals surface area contributed by atoms with Crippen LogP contribution < -0.4 is 0 Å². The largest absolute Gasteiger partial charge is 0.475 e. The molecule has 0 bridgehead atoms. The fourth-order valence-corrected chi connectivity index (χ4v) is 7.97. The van der Waals surface area contributed by atoms with Gasteiger partial charge in [0.15, 0.2) is 18.0 Å². The Bertz CT molecular complexity index is 921. The van der Waals surface area contributed by atoms with Gasteiger partial charge in [0, 0.05) is 32.1 Å². The third-order valence-corrected chi connectivity index (χ3v) is 9.52. The summed E-state index contributed by atoms with van der Waals surface area (Å²) in [5.74, 6) is 1.50. The minimum absolute atomic E-state index is 0.0881. The van der Waals surface area contributed by atoms with E-state index < -0.39 is 11.5 Å². The molecule has 0 radical (unpaired) electrons. The third-order valence-electron chi connectivity index (χ3n) is 9.52. The molecule has 0 unspecified atom stereocenters. The van der Waals surface area contributed by atoms with Crippen LogP contribution in [0.4, 0.5) is 0 Å². The minimum Gasteiger partial charge on any atom is -0.475 e. The van der Waals surface area contributed by atoms with E-state index in [-0.39, 0.29) is 29.3 Å². The quantitative estimate of drug-likeness (QED) is 0.505. The van der Waals surface area contributed by atoms with Crippen molar-refractivity contribution in [2.45, 2.75) is 84.3 Å². The molecule has 0 aromatic rings. The van der Waals surface area contributed by atoms with Crippen LogP contribution in [0, 0.1) is 28.6 Å². The summed E-state index contributed by atoms with van der Waals surface area (Å²) in [7, 11) is 0. The van der Waals surface area contributed by atoms with E-state index in [1.165, 1.54) is 12.5 Å². The summed E-state index contributed by atoms with van der Waals surface area (Å²) in [6.07, 6.45) is 8.11. The number of nitrogens with zero attached hydrogens (tertiary/aromatic N) is 1. The van der Waals surface area contributed by atoms with E-state index in [2.05, 4.69) is 19.9 Å².